The molecule has 1 aliphatic carbocycles. The summed E-state index contributed by atoms with van der Waals surface area (Å²) in [6.07, 6.45) is 2.20. The van der Waals surface area contributed by atoms with Crippen molar-refractivity contribution >= 4 is 49.1 Å². The van der Waals surface area contributed by atoms with Gasteiger partial charge in [0.1, 0.15) is 0 Å². The summed E-state index contributed by atoms with van der Waals surface area (Å²) in [5, 5.41) is 5.86. The van der Waals surface area contributed by atoms with Crippen molar-refractivity contribution < 1.29 is 0 Å². The van der Waals surface area contributed by atoms with E-state index in [1.807, 2.05) is 0 Å². The van der Waals surface area contributed by atoms with Crippen molar-refractivity contribution in [2.75, 3.05) is 0 Å². The van der Waals surface area contributed by atoms with Crippen LogP contribution in [0.3, 0.4) is 0 Å². The average molecular weight is 450 g/mol. The SMILES string of the molecule is CC1(C)CC(c2ccccc2Br)Cc2ccc3c(cc(Cl)c4ccccc43)c21. The topological polar surface area (TPSA) is 0 Å². The molecule has 0 heterocycles. The van der Waals surface area contributed by atoms with Crippen LogP contribution in [0, 0.1) is 0 Å². The molecular weight excluding hydrogens is 428 g/mol. The summed E-state index contributed by atoms with van der Waals surface area (Å²) in [6.45, 7) is 4.77. The Labute approximate surface area is 179 Å². The molecule has 0 aromatic heterocycles. The lowest BCUT2D eigenvalue weighted by molar-refractivity contribution is 0.394. The minimum absolute atomic E-state index is 0.0822. The third kappa shape index (κ3) is 2.79. The smallest absolute Gasteiger partial charge is 0.0490 e. The summed E-state index contributed by atoms with van der Waals surface area (Å²) in [7, 11) is 0. The van der Waals surface area contributed by atoms with E-state index in [2.05, 4.69) is 96.5 Å². The zero-order chi connectivity index (χ0) is 19.5. The van der Waals surface area contributed by atoms with E-state index < -0.39 is 0 Å². The first kappa shape index (κ1) is 18.2. The van der Waals surface area contributed by atoms with Crippen molar-refractivity contribution in [1.82, 2.24) is 0 Å². The van der Waals surface area contributed by atoms with Gasteiger partial charge in [-0.1, -0.05) is 96.0 Å². The highest BCUT2D eigenvalue weighted by Gasteiger charge is 2.35. The molecule has 2 heteroatoms. The van der Waals surface area contributed by atoms with Crippen LogP contribution < -0.4 is 0 Å². The first-order chi connectivity index (χ1) is 13.5. The van der Waals surface area contributed by atoms with Crippen molar-refractivity contribution in [2.24, 2.45) is 0 Å². The number of rotatable bonds is 1. The molecule has 4 aromatic carbocycles. The van der Waals surface area contributed by atoms with Crippen molar-refractivity contribution in [1.29, 1.82) is 0 Å². The molecule has 0 saturated heterocycles. The number of hydrogen-bond donors (Lipinski definition) is 0. The van der Waals surface area contributed by atoms with E-state index >= 15 is 0 Å². The van der Waals surface area contributed by atoms with Crippen molar-refractivity contribution in [3.05, 3.63) is 92.9 Å². The molecule has 0 nitrogen and oxygen atoms in total. The van der Waals surface area contributed by atoms with Crippen LogP contribution in [0.5, 0.6) is 0 Å². The Kier molecular flexibility index (Phi) is 4.30. The van der Waals surface area contributed by atoms with Gasteiger partial charge in [-0.15, -0.1) is 0 Å². The fraction of sp³-hybridized carbons (Fsp3) is 0.231. The van der Waals surface area contributed by atoms with Gasteiger partial charge in [-0.3, -0.25) is 0 Å². The Morgan fingerprint density at radius 3 is 2.32 bits per heavy atom. The van der Waals surface area contributed by atoms with Gasteiger partial charge in [-0.05, 0) is 69.2 Å². The highest BCUT2D eigenvalue weighted by molar-refractivity contribution is 9.10. The second kappa shape index (κ2) is 6.61. The first-order valence-corrected chi connectivity index (χ1v) is 11.0. The van der Waals surface area contributed by atoms with Crippen molar-refractivity contribution in [3.8, 4) is 0 Å². The van der Waals surface area contributed by atoms with Crippen LogP contribution in [0.4, 0.5) is 0 Å². The third-order valence-corrected chi connectivity index (χ3v) is 7.36. The monoisotopic (exact) mass is 448 g/mol. The minimum atomic E-state index is 0.0822. The number of fused-ring (bicyclic) bond motifs is 5. The van der Waals surface area contributed by atoms with E-state index in [4.69, 9.17) is 11.6 Å². The van der Waals surface area contributed by atoms with Crippen LogP contribution in [0.2, 0.25) is 5.02 Å². The molecule has 4 aromatic rings. The van der Waals surface area contributed by atoms with Crippen LogP contribution >= 0.6 is 27.5 Å². The molecule has 0 spiro atoms. The predicted octanol–water partition coefficient (Wildman–Crippen LogP) is 8.42. The molecule has 0 aliphatic heterocycles. The zero-order valence-corrected chi connectivity index (χ0v) is 18.4. The maximum Gasteiger partial charge on any atom is 0.0490 e. The van der Waals surface area contributed by atoms with E-state index in [1.165, 1.54) is 37.3 Å². The second-order valence-electron chi connectivity index (χ2n) is 8.61. The molecule has 0 amide bonds. The molecule has 0 fully saturated rings. The Morgan fingerprint density at radius 2 is 1.54 bits per heavy atom. The lowest BCUT2D eigenvalue weighted by Gasteiger charge is -2.39. The van der Waals surface area contributed by atoms with Gasteiger partial charge < -0.3 is 0 Å². The molecule has 0 N–H and O–H groups in total. The number of hydrogen-bond acceptors (Lipinski definition) is 0. The quantitative estimate of drug-likeness (QED) is 0.256. The molecule has 1 unspecified atom stereocenters. The fourth-order valence-corrected chi connectivity index (χ4v) is 6.11. The van der Waals surface area contributed by atoms with Crippen LogP contribution in [0.15, 0.2) is 71.2 Å². The van der Waals surface area contributed by atoms with Gasteiger partial charge in [0.25, 0.3) is 0 Å². The average Bonchev–Trinajstić information content (AvgIpc) is 2.67. The number of halogens is 2. The minimum Gasteiger partial charge on any atom is -0.0836 e. The van der Waals surface area contributed by atoms with E-state index in [9.17, 15) is 0 Å². The maximum atomic E-state index is 6.71. The largest absolute Gasteiger partial charge is 0.0836 e. The summed E-state index contributed by atoms with van der Waals surface area (Å²) in [4.78, 5) is 0. The van der Waals surface area contributed by atoms with Gasteiger partial charge in [0.2, 0.25) is 0 Å². The summed E-state index contributed by atoms with van der Waals surface area (Å²) < 4.78 is 1.22. The summed E-state index contributed by atoms with van der Waals surface area (Å²) in [6, 6.07) is 24.0. The molecule has 1 aliphatic rings. The van der Waals surface area contributed by atoms with Gasteiger partial charge in [0.15, 0.2) is 0 Å². The van der Waals surface area contributed by atoms with Crippen molar-refractivity contribution in [3.63, 3.8) is 0 Å². The van der Waals surface area contributed by atoms with Crippen LogP contribution in [-0.2, 0) is 11.8 Å². The van der Waals surface area contributed by atoms with Crippen LogP contribution in [0.1, 0.15) is 42.9 Å². The molecule has 1 atom stereocenters. The highest BCUT2D eigenvalue weighted by Crippen LogP contribution is 2.48. The first-order valence-electron chi connectivity index (χ1n) is 9.83. The van der Waals surface area contributed by atoms with Crippen LogP contribution in [0.25, 0.3) is 21.5 Å². The molecule has 0 bridgehead atoms. The summed E-state index contributed by atoms with van der Waals surface area (Å²) in [5.74, 6) is 0.520. The molecule has 0 radical (unpaired) electrons. The fourth-order valence-electron chi connectivity index (χ4n) is 5.23. The highest BCUT2D eigenvalue weighted by atomic mass is 79.9. The van der Waals surface area contributed by atoms with Crippen molar-refractivity contribution in [2.45, 2.75) is 38.0 Å². The van der Waals surface area contributed by atoms with Gasteiger partial charge in [0, 0.05) is 14.9 Å². The third-order valence-electron chi connectivity index (χ3n) is 6.32. The Morgan fingerprint density at radius 1 is 0.857 bits per heavy atom. The molecule has 28 heavy (non-hydrogen) atoms. The van der Waals surface area contributed by atoms with E-state index in [0.29, 0.717) is 5.92 Å². The Bertz CT molecular complexity index is 1220. The van der Waals surface area contributed by atoms with Crippen LogP contribution in [-0.4, -0.2) is 0 Å². The Hall–Kier alpha value is -1.83. The molecular formula is C26H22BrCl. The van der Waals surface area contributed by atoms with E-state index in [1.54, 1.807) is 0 Å². The van der Waals surface area contributed by atoms with E-state index in [-0.39, 0.29) is 5.41 Å². The zero-order valence-electron chi connectivity index (χ0n) is 16.1. The molecule has 5 rings (SSSR count). The van der Waals surface area contributed by atoms with E-state index in [0.717, 1.165) is 23.3 Å². The van der Waals surface area contributed by atoms with Gasteiger partial charge in [-0.2, -0.15) is 0 Å². The predicted molar refractivity (Wildman–Crippen MR) is 125 cm³/mol. The van der Waals surface area contributed by atoms with Gasteiger partial charge in [-0.25, -0.2) is 0 Å². The molecule has 0 saturated carbocycles. The second-order valence-corrected chi connectivity index (χ2v) is 9.87. The molecule has 140 valence electrons. The summed E-state index contributed by atoms with van der Waals surface area (Å²) >= 11 is 10.5. The van der Waals surface area contributed by atoms with Gasteiger partial charge >= 0.3 is 0 Å². The Balaban J connectivity index is 1.75. The summed E-state index contributed by atoms with van der Waals surface area (Å²) in [5.41, 5.74) is 4.42. The normalized spacial score (nSPS) is 18.4. The lowest BCUT2D eigenvalue weighted by Crippen LogP contribution is -2.29. The van der Waals surface area contributed by atoms with Gasteiger partial charge in [0.05, 0.1) is 0 Å². The number of benzene rings is 4. The standard InChI is InChI=1S/C26H22BrCl/c1-26(2)15-17(18-7-5-6-10-23(18)27)13-16-11-12-20-19-8-3-4-9-21(19)24(28)14-22(20)25(16)26/h3-12,14,17H,13,15H2,1-2H3. The maximum absolute atomic E-state index is 6.71. The lowest BCUT2D eigenvalue weighted by atomic mass is 9.65.